The zero-order valence-electron chi connectivity index (χ0n) is 21.8. The first-order valence-electron chi connectivity index (χ1n) is 12.0. The molecule has 0 heterocycles. The molecular formula is C30H37LiSi2. The summed E-state index contributed by atoms with van der Waals surface area (Å²) in [6.45, 7) is 16.9. The molecule has 1 unspecified atom stereocenters. The van der Waals surface area contributed by atoms with Crippen molar-refractivity contribution in [3.63, 3.8) is 0 Å². The van der Waals surface area contributed by atoms with Crippen molar-refractivity contribution in [2.45, 2.75) is 59.8 Å². The number of rotatable bonds is 6. The predicted octanol–water partition coefficient (Wildman–Crippen LogP) is 3.64. The average molecular weight is 461 g/mol. The minimum atomic E-state index is -1.56. The van der Waals surface area contributed by atoms with Gasteiger partial charge < -0.3 is 0 Å². The van der Waals surface area contributed by atoms with E-state index >= 15 is 0 Å². The van der Waals surface area contributed by atoms with Crippen molar-refractivity contribution >= 4 is 27.2 Å². The normalized spacial score (nSPS) is 18.9. The van der Waals surface area contributed by atoms with Crippen molar-refractivity contribution < 1.29 is 18.9 Å². The van der Waals surface area contributed by atoms with Crippen LogP contribution >= 0.6 is 0 Å². The third kappa shape index (κ3) is 5.25. The Hall–Kier alpha value is -1.57. The van der Waals surface area contributed by atoms with Gasteiger partial charge in [0.1, 0.15) is 8.80 Å². The van der Waals surface area contributed by atoms with Gasteiger partial charge in [-0.2, -0.15) is 10.8 Å². The number of allylic oxidation sites excluding steroid dienone is 8. The van der Waals surface area contributed by atoms with Gasteiger partial charge in [-0.05, 0) is 32.3 Å². The van der Waals surface area contributed by atoms with Gasteiger partial charge in [-0.15, -0.1) is 12.0 Å². The van der Waals surface area contributed by atoms with Gasteiger partial charge in [-0.3, -0.25) is 6.08 Å². The summed E-state index contributed by atoms with van der Waals surface area (Å²) in [5.74, 6) is 0.498. The van der Waals surface area contributed by atoms with Crippen molar-refractivity contribution in [1.29, 1.82) is 0 Å². The summed E-state index contributed by atoms with van der Waals surface area (Å²) in [5, 5.41) is 4.72. The van der Waals surface area contributed by atoms with Crippen LogP contribution in [0.4, 0.5) is 0 Å². The Labute approximate surface area is 216 Å². The summed E-state index contributed by atoms with van der Waals surface area (Å²) in [5.41, 5.74) is 9.26. The number of hydrogen-bond acceptors (Lipinski definition) is 0. The molecule has 0 N–H and O–H groups in total. The van der Waals surface area contributed by atoms with Crippen LogP contribution < -0.4 is 29.2 Å². The second-order valence-electron chi connectivity index (χ2n) is 10.8. The van der Waals surface area contributed by atoms with Crippen LogP contribution in [-0.2, 0) is 0 Å². The largest absolute Gasteiger partial charge is 1.00 e. The Bertz CT molecular complexity index is 1090. The molecular weight excluding hydrogens is 423 g/mol. The molecule has 0 fully saturated rings. The van der Waals surface area contributed by atoms with E-state index in [9.17, 15) is 0 Å². The second-order valence-corrected chi connectivity index (χ2v) is 19.2. The summed E-state index contributed by atoms with van der Waals surface area (Å²) in [7, 11) is -2.83. The Morgan fingerprint density at radius 2 is 1.36 bits per heavy atom. The fourth-order valence-electron chi connectivity index (χ4n) is 5.49. The van der Waals surface area contributed by atoms with Gasteiger partial charge in [0.2, 0.25) is 0 Å². The number of hydrogen-bond donors (Lipinski definition) is 0. The van der Waals surface area contributed by atoms with E-state index in [1.807, 2.05) is 0 Å². The second kappa shape index (κ2) is 10.4. The molecule has 2 aliphatic rings. The molecule has 166 valence electrons. The topological polar surface area (TPSA) is 0 Å². The molecule has 3 heteroatoms. The van der Waals surface area contributed by atoms with Gasteiger partial charge in [0, 0.05) is 8.07 Å². The maximum Gasteiger partial charge on any atom is 1.00 e. The van der Waals surface area contributed by atoms with Crippen LogP contribution in [0, 0.1) is 12.0 Å². The van der Waals surface area contributed by atoms with Crippen molar-refractivity contribution in [3.8, 4) is 0 Å². The summed E-state index contributed by atoms with van der Waals surface area (Å²) in [4.78, 5) is 0. The molecule has 33 heavy (non-hydrogen) atoms. The molecule has 1 atom stereocenters. The Kier molecular flexibility index (Phi) is 8.18. The van der Waals surface area contributed by atoms with Crippen molar-refractivity contribution in [3.05, 3.63) is 105 Å². The van der Waals surface area contributed by atoms with Gasteiger partial charge >= 0.3 is 18.9 Å². The van der Waals surface area contributed by atoms with E-state index in [1.165, 1.54) is 33.1 Å². The van der Waals surface area contributed by atoms with E-state index in [2.05, 4.69) is 114 Å². The minimum absolute atomic E-state index is 0. The van der Waals surface area contributed by atoms with Crippen LogP contribution in [0.1, 0.15) is 34.1 Å². The maximum atomic E-state index is 3.94. The molecule has 0 nitrogen and oxygen atoms in total. The monoisotopic (exact) mass is 460 g/mol. The van der Waals surface area contributed by atoms with E-state index in [1.54, 1.807) is 21.9 Å². The fraction of sp³-hybridized carbons (Fsp3) is 0.333. The Morgan fingerprint density at radius 1 is 0.848 bits per heavy atom. The van der Waals surface area contributed by atoms with Gasteiger partial charge in [0.25, 0.3) is 0 Å². The van der Waals surface area contributed by atoms with Crippen LogP contribution in [0.2, 0.25) is 25.7 Å². The molecule has 0 bridgehead atoms. The first kappa shape index (κ1) is 26.0. The van der Waals surface area contributed by atoms with E-state index in [0.717, 1.165) is 6.42 Å². The van der Waals surface area contributed by atoms with E-state index < -0.39 is 16.9 Å². The average Bonchev–Trinajstić information content (AvgIpc) is 3.22. The predicted molar refractivity (Wildman–Crippen MR) is 146 cm³/mol. The van der Waals surface area contributed by atoms with Crippen LogP contribution in [0.3, 0.4) is 0 Å². The summed E-state index contributed by atoms with van der Waals surface area (Å²) >= 11 is 0. The number of benzene rings is 2. The van der Waals surface area contributed by atoms with Crippen molar-refractivity contribution in [1.82, 2.24) is 0 Å². The SMILES string of the molecule is CC1=C(C)C(C)C(C2=C([SiH](c3ccccc3)c3ccccc3)C[C-]=C2C[Si](C)(C)C)=C1C.[Li+]. The fourth-order valence-corrected chi connectivity index (χ4v) is 10.2. The van der Waals surface area contributed by atoms with Crippen LogP contribution in [0.5, 0.6) is 0 Å². The maximum absolute atomic E-state index is 3.94. The third-order valence-electron chi connectivity index (χ3n) is 7.35. The zero-order chi connectivity index (χ0) is 23.0. The zero-order valence-corrected chi connectivity index (χ0v) is 24.0. The van der Waals surface area contributed by atoms with Crippen LogP contribution in [0.15, 0.2) is 99.3 Å². The van der Waals surface area contributed by atoms with Gasteiger partial charge in [0.05, 0.1) is 0 Å². The van der Waals surface area contributed by atoms with E-state index in [4.69, 9.17) is 0 Å². The van der Waals surface area contributed by atoms with Gasteiger partial charge in [-0.25, -0.2) is 5.57 Å². The quantitative estimate of drug-likeness (QED) is 0.456. The van der Waals surface area contributed by atoms with Crippen molar-refractivity contribution in [2.75, 3.05) is 0 Å². The Balaban J connectivity index is 0.00000306. The molecule has 0 aromatic heterocycles. The van der Waals surface area contributed by atoms with E-state index in [0.29, 0.717) is 5.92 Å². The molecule has 2 aromatic rings. The van der Waals surface area contributed by atoms with Crippen LogP contribution in [0.25, 0.3) is 0 Å². The van der Waals surface area contributed by atoms with Crippen LogP contribution in [-0.4, -0.2) is 16.9 Å². The molecule has 0 radical (unpaired) electrons. The molecule has 0 saturated carbocycles. The summed E-state index contributed by atoms with van der Waals surface area (Å²) in [6, 6.07) is 23.8. The molecule has 0 spiro atoms. The van der Waals surface area contributed by atoms with Gasteiger partial charge in [0.15, 0.2) is 0 Å². The first-order chi connectivity index (χ1) is 15.2. The first-order valence-corrected chi connectivity index (χ1v) is 17.4. The molecule has 0 amide bonds. The van der Waals surface area contributed by atoms with Gasteiger partial charge in [-0.1, -0.05) is 115 Å². The standard InChI is InChI=1S/C30H37Si2.Li/c1-21-22(2)24(4)29(23(21)3)30-25(20-32(5,6)7)18-19-28(30)31(26-14-10-8-11-15-26)27-16-12-9-13-17-27;/h8-17,23,31H,19-20H2,1-7H3;/q-1;+1. The summed E-state index contributed by atoms with van der Waals surface area (Å²) < 4.78 is 0. The minimum Gasteiger partial charge on any atom is -0.269 e. The summed E-state index contributed by atoms with van der Waals surface area (Å²) in [6.07, 6.45) is 4.94. The Morgan fingerprint density at radius 3 is 1.79 bits per heavy atom. The molecule has 2 aromatic carbocycles. The molecule has 0 aliphatic heterocycles. The smallest absolute Gasteiger partial charge is 0.269 e. The third-order valence-corrected chi connectivity index (χ3v) is 12.1. The van der Waals surface area contributed by atoms with Crippen molar-refractivity contribution in [2.24, 2.45) is 5.92 Å². The van der Waals surface area contributed by atoms with E-state index in [-0.39, 0.29) is 18.9 Å². The molecule has 4 rings (SSSR count). The molecule has 0 saturated heterocycles. The molecule has 2 aliphatic carbocycles.